The van der Waals surface area contributed by atoms with Gasteiger partial charge < -0.3 is 35.2 Å². The average molecular weight is 860 g/mol. The van der Waals surface area contributed by atoms with Crippen LogP contribution >= 0.6 is 0 Å². The molecule has 1 aliphatic heterocycles. The molecule has 62 heavy (non-hydrogen) atoms. The van der Waals surface area contributed by atoms with Crippen molar-refractivity contribution in [3.05, 3.63) is 71.3 Å². The van der Waals surface area contributed by atoms with Crippen molar-refractivity contribution in [2.45, 2.75) is 90.1 Å². The van der Waals surface area contributed by atoms with Crippen LogP contribution < -0.4 is 25.4 Å². The summed E-state index contributed by atoms with van der Waals surface area (Å²) in [6, 6.07) is 11.0. The number of rotatable bonds is 19. The molecule has 0 bridgehead atoms. The first-order valence-electron chi connectivity index (χ1n) is 20.9. The van der Waals surface area contributed by atoms with Gasteiger partial charge in [-0.1, -0.05) is 37.1 Å². The Bertz CT molecular complexity index is 2490. The summed E-state index contributed by atoms with van der Waals surface area (Å²) in [6.07, 6.45) is 2.74. The molecule has 330 valence electrons. The Morgan fingerprint density at radius 2 is 1.76 bits per heavy atom. The minimum absolute atomic E-state index is 0.0491. The second kappa shape index (κ2) is 18.4. The number of amides is 3. The topological polar surface area (TPSA) is 180 Å². The number of carbonyl (C=O) groups is 3. The van der Waals surface area contributed by atoms with Gasteiger partial charge in [-0.05, 0) is 64.2 Å². The van der Waals surface area contributed by atoms with Crippen molar-refractivity contribution in [2.75, 3.05) is 44.5 Å². The van der Waals surface area contributed by atoms with E-state index < -0.39 is 35.8 Å². The molecule has 17 heteroatoms. The van der Waals surface area contributed by atoms with Crippen LogP contribution in [-0.2, 0) is 14.4 Å². The van der Waals surface area contributed by atoms with Gasteiger partial charge in [0.2, 0.25) is 29.5 Å². The van der Waals surface area contributed by atoms with Crippen molar-refractivity contribution >= 4 is 50.9 Å². The first kappa shape index (κ1) is 43.8. The zero-order valence-electron chi connectivity index (χ0n) is 35.2. The zero-order valence-corrected chi connectivity index (χ0v) is 35.2. The van der Waals surface area contributed by atoms with Crippen molar-refractivity contribution in [3.63, 3.8) is 0 Å². The van der Waals surface area contributed by atoms with Gasteiger partial charge >= 0.3 is 0 Å². The van der Waals surface area contributed by atoms with E-state index in [1.165, 1.54) is 23.8 Å². The number of ether oxygens (including phenoxy) is 2. The quantitative estimate of drug-likeness (QED) is 0.0399. The van der Waals surface area contributed by atoms with Crippen LogP contribution in [0, 0.1) is 18.2 Å². The van der Waals surface area contributed by atoms with E-state index in [0.29, 0.717) is 76.6 Å². The number of nitrogens with zero attached hydrogens (tertiary/aromatic N) is 4. The second-order valence-electron chi connectivity index (χ2n) is 16.4. The molecule has 0 radical (unpaired) electrons. The number of carbonyl (C=O) groups excluding carboxylic acids is 3. The third-order valence-corrected chi connectivity index (χ3v) is 11.8. The Morgan fingerprint density at radius 3 is 2.48 bits per heavy atom. The van der Waals surface area contributed by atoms with Crippen molar-refractivity contribution in [3.8, 4) is 23.3 Å². The molecule has 2 aliphatic rings. The number of anilines is 2. The number of unbranched alkanes of at least 4 members (excludes halogenated alkanes) is 3. The lowest BCUT2D eigenvalue weighted by Crippen LogP contribution is -2.41. The van der Waals surface area contributed by atoms with Crippen LogP contribution in [0.3, 0.4) is 0 Å². The predicted molar refractivity (Wildman–Crippen MR) is 227 cm³/mol. The largest absolute Gasteiger partial charge is 0.494 e. The molecular weight excluding hydrogens is 808 g/mol. The fraction of sp³-hybridized carbons (Fsp3) is 0.444. The number of piperidine rings is 1. The molecule has 3 heterocycles. The lowest BCUT2D eigenvalue weighted by atomic mass is 10.0. The number of hydrogen-bond donors (Lipinski definition) is 5. The van der Waals surface area contributed by atoms with Crippen LogP contribution in [0.2, 0.25) is 0 Å². The van der Waals surface area contributed by atoms with Gasteiger partial charge in [-0.15, -0.1) is 0 Å². The predicted octanol–water partition coefficient (Wildman–Crippen LogP) is 8.22. The molecule has 3 amide bonds. The summed E-state index contributed by atoms with van der Waals surface area (Å²) < 4.78 is 55.1. The van der Waals surface area contributed by atoms with Gasteiger partial charge in [0.05, 0.1) is 36.2 Å². The molecule has 2 atom stereocenters. The van der Waals surface area contributed by atoms with Gasteiger partial charge in [-0.2, -0.15) is 0 Å². The van der Waals surface area contributed by atoms with E-state index in [1.54, 1.807) is 49.1 Å². The maximum absolute atomic E-state index is 15.0. The monoisotopic (exact) mass is 859 g/mol. The number of benzene rings is 3. The number of nitrogens with one attached hydrogen (secondary N) is 3. The first-order chi connectivity index (χ1) is 29.7. The number of aromatic hydroxyl groups is 2. The van der Waals surface area contributed by atoms with Crippen LogP contribution in [0.15, 0.2) is 48.5 Å². The summed E-state index contributed by atoms with van der Waals surface area (Å²) in [5, 5.41) is 32.1. The second-order valence-corrected chi connectivity index (χ2v) is 16.4. The highest BCUT2D eigenvalue weighted by Gasteiger charge is 2.45. The van der Waals surface area contributed by atoms with Gasteiger partial charge in [-0.3, -0.25) is 24.3 Å². The molecule has 14 nitrogen and oxygen atoms in total. The summed E-state index contributed by atoms with van der Waals surface area (Å²) in [4.78, 5) is 48.2. The lowest BCUT2D eigenvalue weighted by Gasteiger charge is -2.25. The first-order valence-corrected chi connectivity index (χ1v) is 20.9. The molecule has 5 N–H and O–H groups in total. The molecule has 2 aromatic heterocycles. The molecule has 1 unspecified atom stereocenters. The standard InChI is InChI=1S/C45H52F3N7O7/c1-25(27-11-9-13-29(39(27)46)40(47)48)50-41-30-21-35(34(61-4)22-32(30)51-26(2)52-41)62-24-45(18-19-45)23-54(3)37(57)15-7-5-6-8-20-49-31-14-10-12-28-38(31)44(60)55(43(28)59)33-16-17-36(56)53-42(33)58/h9-14,21-22,25,33,40,49,59-60H,5-8,15-20,23-24H2,1-4H3,(H,50,51,52)(H,53,56,58)/t25-,33?/m1/s1. The van der Waals surface area contributed by atoms with E-state index in [2.05, 4.69) is 25.9 Å². The Labute approximate surface area is 356 Å². The summed E-state index contributed by atoms with van der Waals surface area (Å²) in [5.41, 5.74) is 0.363. The smallest absolute Gasteiger partial charge is 0.266 e. The Balaban J connectivity index is 0.891. The fourth-order valence-corrected chi connectivity index (χ4v) is 8.21. The third-order valence-electron chi connectivity index (χ3n) is 11.8. The van der Waals surface area contributed by atoms with E-state index in [4.69, 9.17) is 9.47 Å². The summed E-state index contributed by atoms with van der Waals surface area (Å²) >= 11 is 0. The van der Waals surface area contributed by atoms with Crippen LogP contribution in [-0.4, -0.2) is 81.2 Å². The third kappa shape index (κ3) is 9.31. The summed E-state index contributed by atoms with van der Waals surface area (Å²) in [6.45, 7) is 4.84. The fourth-order valence-electron chi connectivity index (χ4n) is 8.21. The minimum atomic E-state index is -2.95. The van der Waals surface area contributed by atoms with E-state index >= 15 is 4.39 Å². The number of aromatic nitrogens is 3. The number of aryl methyl sites for hydroxylation is 1. The van der Waals surface area contributed by atoms with Gasteiger partial charge in [-0.25, -0.2) is 23.1 Å². The Morgan fingerprint density at radius 1 is 1.02 bits per heavy atom. The maximum Gasteiger partial charge on any atom is 0.266 e. The Hall–Kier alpha value is -6.26. The van der Waals surface area contributed by atoms with Gasteiger partial charge in [0.1, 0.15) is 23.5 Å². The molecule has 3 aromatic carbocycles. The number of fused-ring (bicyclic) bond motifs is 2. The van der Waals surface area contributed by atoms with Crippen LogP contribution in [0.25, 0.3) is 21.7 Å². The zero-order chi connectivity index (χ0) is 44.3. The maximum atomic E-state index is 15.0. The molecule has 1 saturated heterocycles. The number of hydrogen-bond acceptors (Lipinski definition) is 11. The van der Waals surface area contributed by atoms with E-state index in [0.717, 1.165) is 44.6 Å². The number of imide groups is 1. The normalized spacial score (nSPS) is 16.4. The number of halogens is 3. The lowest BCUT2D eigenvalue weighted by molar-refractivity contribution is -0.136. The van der Waals surface area contributed by atoms with Gasteiger partial charge in [0.15, 0.2) is 11.5 Å². The van der Waals surface area contributed by atoms with E-state index in [-0.39, 0.29) is 47.4 Å². The Kier molecular flexibility index (Phi) is 13.0. The van der Waals surface area contributed by atoms with Crippen molar-refractivity contribution in [1.82, 2.24) is 24.8 Å². The van der Waals surface area contributed by atoms with Crippen molar-refractivity contribution in [1.29, 1.82) is 0 Å². The highest BCUT2D eigenvalue weighted by molar-refractivity contribution is 6.04. The molecule has 2 fully saturated rings. The molecule has 7 rings (SSSR count). The molecule has 5 aromatic rings. The highest BCUT2D eigenvalue weighted by atomic mass is 19.3. The van der Waals surface area contributed by atoms with Crippen LogP contribution in [0.1, 0.15) is 100 Å². The number of methoxy groups -OCH3 is 1. The van der Waals surface area contributed by atoms with Crippen LogP contribution in [0.5, 0.6) is 23.3 Å². The molecular formula is C45H52F3N7O7. The molecule has 0 spiro atoms. The highest BCUT2D eigenvalue weighted by Crippen LogP contribution is 2.48. The summed E-state index contributed by atoms with van der Waals surface area (Å²) in [5.74, 6) is -0.629. The van der Waals surface area contributed by atoms with E-state index in [1.807, 2.05) is 7.05 Å². The van der Waals surface area contributed by atoms with E-state index in [9.17, 15) is 33.4 Å². The SMILES string of the molecule is COc1cc2nc(C)nc(N[C@H](C)c3cccc(C(F)F)c3F)c2cc1OCC1(CN(C)C(=O)CCCCCCNc2cccc3c(O)n(C4CCC(=O)NC4=O)c(O)c23)CC1. The molecule has 1 saturated carbocycles. The van der Waals surface area contributed by atoms with Crippen molar-refractivity contribution in [2.24, 2.45) is 5.41 Å². The average Bonchev–Trinajstić information content (AvgIpc) is 3.95. The molecule has 1 aliphatic carbocycles. The number of alkyl halides is 2. The van der Waals surface area contributed by atoms with Gasteiger partial charge in [0, 0.05) is 66.5 Å². The van der Waals surface area contributed by atoms with Crippen LogP contribution in [0.4, 0.5) is 24.7 Å². The summed E-state index contributed by atoms with van der Waals surface area (Å²) in [7, 11) is 3.34. The minimum Gasteiger partial charge on any atom is -0.494 e. The van der Waals surface area contributed by atoms with Crippen molar-refractivity contribution < 1.29 is 47.2 Å². The van der Waals surface area contributed by atoms with Gasteiger partial charge in [0.25, 0.3) is 6.43 Å².